The number of anilines is 3. The Labute approximate surface area is 258 Å². The molecule has 1 saturated heterocycles. The van der Waals surface area contributed by atoms with Gasteiger partial charge in [-0.1, -0.05) is 44.6 Å². The van der Waals surface area contributed by atoms with Gasteiger partial charge in [-0.2, -0.15) is 0 Å². The minimum atomic E-state index is -0.348. The van der Waals surface area contributed by atoms with Crippen LogP contribution in [0.1, 0.15) is 38.4 Å². The molecule has 2 aromatic carbocycles. The summed E-state index contributed by atoms with van der Waals surface area (Å²) in [5.74, 6) is 0.526. The first-order valence-electron chi connectivity index (χ1n) is 14.6. The largest absolute Gasteiger partial charge is 0.378 e. The maximum atomic E-state index is 14.4. The third-order valence-electron chi connectivity index (χ3n) is 6.94. The highest BCUT2D eigenvalue weighted by Gasteiger charge is 2.19. The van der Waals surface area contributed by atoms with E-state index in [2.05, 4.69) is 72.4 Å². The summed E-state index contributed by atoms with van der Waals surface area (Å²) in [5.41, 5.74) is 6.40. The molecule has 43 heavy (non-hydrogen) atoms. The molecule has 0 unspecified atom stereocenters. The zero-order chi connectivity index (χ0) is 30.8. The smallest absolute Gasteiger partial charge is 0.130 e. The average molecular weight is 598 g/mol. The van der Waals surface area contributed by atoms with Gasteiger partial charge in [0.1, 0.15) is 11.6 Å². The van der Waals surface area contributed by atoms with Crippen molar-refractivity contribution < 1.29 is 9.13 Å². The van der Waals surface area contributed by atoms with Gasteiger partial charge in [0, 0.05) is 52.8 Å². The van der Waals surface area contributed by atoms with Crippen molar-refractivity contribution >= 4 is 52.3 Å². The van der Waals surface area contributed by atoms with Crippen LogP contribution in [-0.2, 0) is 4.74 Å². The molecule has 0 saturated carbocycles. The van der Waals surface area contributed by atoms with Crippen LogP contribution in [0.4, 0.5) is 21.6 Å². The molecule has 0 radical (unpaired) electrons. The number of fused-ring (bicyclic) bond motifs is 1. The first-order valence-corrected chi connectivity index (χ1v) is 15.8. The van der Waals surface area contributed by atoms with E-state index in [4.69, 9.17) is 14.7 Å². The van der Waals surface area contributed by atoms with Crippen LogP contribution in [0.5, 0.6) is 0 Å². The van der Waals surface area contributed by atoms with E-state index < -0.39 is 0 Å². The predicted octanol–water partition coefficient (Wildman–Crippen LogP) is 9.08. The number of nitrogens with one attached hydrogen (secondary N) is 1. The number of pyridine rings is 2. The molecule has 1 aliphatic heterocycles. The van der Waals surface area contributed by atoms with Crippen molar-refractivity contribution in [2.24, 2.45) is 4.99 Å². The van der Waals surface area contributed by atoms with Crippen molar-refractivity contribution in [1.82, 2.24) is 9.97 Å². The summed E-state index contributed by atoms with van der Waals surface area (Å²) >= 11 is 1.71. The van der Waals surface area contributed by atoms with Gasteiger partial charge in [-0.3, -0.25) is 4.99 Å². The first-order chi connectivity index (χ1) is 20.9. The molecule has 2 aromatic heterocycles. The Balaban J connectivity index is 0.00000135. The lowest BCUT2D eigenvalue weighted by Crippen LogP contribution is -2.36. The third kappa shape index (κ3) is 7.69. The van der Waals surface area contributed by atoms with Crippen molar-refractivity contribution in [3.05, 3.63) is 90.0 Å². The highest BCUT2D eigenvalue weighted by Crippen LogP contribution is 2.38. The Morgan fingerprint density at radius 2 is 1.86 bits per heavy atom. The fourth-order valence-corrected chi connectivity index (χ4v) is 5.19. The molecular formula is C35H40FN5OS. The zero-order valence-corrected chi connectivity index (χ0v) is 26.5. The molecule has 6 nitrogen and oxygen atoms in total. The van der Waals surface area contributed by atoms with Crippen molar-refractivity contribution in [3.8, 4) is 11.1 Å². The minimum Gasteiger partial charge on any atom is -0.378 e. The SMILES string of the molecule is C=N/C(=C\C=C/C)c1nc2cc(F)ccc2c(Nc2cc(N3CCOCC3)ncc2-c2ccc(SC)cc2)c1C.CCC. The fraction of sp³-hybridized carbons (Fsp3) is 0.286. The Morgan fingerprint density at radius 3 is 2.51 bits per heavy atom. The predicted molar refractivity (Wildman–Crippen MR) is 183 cm³/mol. The van der Waals surface area contributed by atoms with Crippen LogP contribution in [-0.4, -0.2) is 49.2 Å². The molecule has 0 atom stereocenters. The Kier molecular flexibility index (Phi) is 11.5. The lowest BCUT2D eigenvalue weighted by atomic mass is 10.0. The van der Waals surface area contributed by atoms with Gasteiger partial charge in [0.15, 0.2) is 0 Å². The molecule has 0 amide bonds. The number of ether oxygens (including phenoxy) is 1. The van der Waals surface area contributed by atoms with E-state index in [0.717, 1.165) is 52.4 Å². The molecule has 3 heterocycles. The van der Waals surface area contributed by atoms with Gasteiger partial charge in [0.05, 0.1) is 41.5 Å². The highest BCUT2D eigenvalue weighted by molar-refractivity contribution is 7.98. The minimum absolute atomic E-state index is 0.348. The summed E-state index contributed by atoms with van der Waals surface area (Å²) in [6, 6.07) is 15.2. The second-order valence-electron chi connectivity index (χ2n) is 10.1. The maximum absolute atomic E-state index is 14.4. The molecule has 1 fully saturated rings. The van der Waals surface area contributed by atoms with Gasteiger partial charge in [0.2, 0.25) is 0 Å². The number of nitrogens with zero attached hydrogens (tertiary/aromatic N) is 4. The monoisotopic (exact) mass is 597 g/mol. The summed E-state index contributed by atoms with van der Waals surface area (Å²) < 4.78 is 19.9. The highest BCUT2D eigenvalue weighted by atomic mass is 32.2. The fourth-order valence-electron chi connectivity index (χ4n) is 4.79. The van der Waals surface area contributed by atoms with E-state index in [-0.39, 0.29) is 5.82 Å². The lowest BCUT2D eigenvalue weighted by molar-refractivity contribution is 0.122. The molecule has 8 heteroatoms. The maximum Gasteiger partial charge on any atom is 0.130 e. The molecule has 5 rings (SSSR count). The zero-order valence-electron chi connectivity index (χ0n) is 25.7. The summed E-state index contributed by atoms with van der Waals surface area (Å²) in [5, 5.41) is 4.52. The molecular weight excluding hydrogens is 557 g/mol. The number of rotatable bonds is 8. The van der Waals surface area contributed by atoms with Crippen LogP contribution >= 0.6 is 11.8 Å². The number of aliphatic imine (C=N–C) groups is 1. The van der Waals surface area contributed by atoms with E-state index in [1.165, 1.54) is 23.4 Å². The van der Waals surface area contributed by atoms with Crippen molar-refractivity contribution in [1.29, 1.82) is 0 Å². The number of hydrogen-bond donors (Lipinski definition) is 1. The van der Waals surface area contributed by atoms with Crippen molar-refractivity contribution in [2.75, 3.05) is 42.8 Å². The first kappa shape index (κ1) is 31.9. The van der Waals surface area contributed by atoms with Crippen LogP contribution < -0.4 is 10.2 Å². The second-order valence-corrected chi connectivity index (χ2v) is 11.0. The van der Waals surface area contributed by atoms with Crippen LogP contribution in [0.2, 0.25) is 0 Å². The topological polar surface area (TPSA) is 62.6 Å². The standard InChI is InChI=1S/C32H32FN5OS.C3H8/c1-5-6-7-27(34-3)32-21(2)31(25-13-10-23(33)18-28(25)37-32)36-29-19-30(38-14-16-39-17-15-38)35-20-26(29)22-8-11-24(40-4)12-9-22;1-3-2/h5-13,18-20H,3,14-17H2,1-2,4H3,(H,35,36,37);3H2,1-2H3/b6-5-,27-7-;. The second kappa shape index (κ2) is 15.5. The van der Waals surface area contributed by atoms with Crippen molar-refractivity contribution in [3.63, 3.8) is 0 Å². The van der Waals surface area contributed by atoms with Gasteiger partial charge >= 0.3 is 0 Å². The molecule has 1 N–H and O–H groups in total. The number of benzene rings is 2. The van der Waals surface area contributed by atoms with E-state index in [0.29, 0.717) is 30.1 Å². The number of morpholine rings is 1. The third-order valence-corrected chi connectivity index (χ3v) is 7.68. The number of thioether (sulfide) groups is 1. The number of aromatic nitrogens is 2. The Hall–Kier alpha value is -4.01. The van der Waals surface area contributed by atoms with Crippen LogP contribution in [0.25, 0.3) is 27.7 Å². The quantitative estimate of drug-likeness (QED) is 0.124. The average Bonchev–Trinajstić information content (AvgIpc) is 3.04. The van der Waals surface area contributed by atoms with Gasteiger partial charge in [-0.05, 0) is 62.7 Å². The van der Waals surface area contributed by atoms with E-state index in [1.54, 1.807) is 17.8 Å². The van der Waals surface area contributed by atoms with E-state index in [9.17, 15) is 4.39 Å². The van der Waals surface area contributed by atoms with Gasteiger partial charge < -0.3 is 15.0 Å². The number of halogens is 1. The summed E-state index contributed by atoms with van der Waals surface area (Å²) in [6.07, 6.45) is 10.9. The van der Waals surface area contributed by atoms with Crippen molar-refractivity contribution in [2.45, 2.75) is 39.0 Å². The molecule has 0 aliphatic carbocycles. The number of allylic oxidation sites excluding steroid dienone is 3. The van der Waals surface area contributed by atoms with Crippen LogP contribution in [0.15, 0.2) is 82.8 Å². The summed E-state index contributed by atoms with van der Waals surface area (Å²) in [6.45, 7) is 14.8. The van der Waals surface area contributed by atoms with Crippen LogP contribution in [0.3, 0.4) is 0 Å². The van der Waals surface area contributed by atoms with Gasteiger partial charge in [-0.15, -0.1) is 11.8 Å². The molecule has 4 aromatic rings. The van der Waals surface area contributed by atoms with Crippen LogP contribution in [0, 0.1) is 12.7 Å². The normalized spacial score (nSPS) is 13.6. The van der Waals surface area contributed by atoms with Gasteiger partial charge in [0.25, 0.3) is 0 Å². The summed E-state index contributed by atoms with van der Waals surface area (Å²) in [4.78, 5) is 17.3. The molecule has 1 aliphatic rings. The number of hydrogen-bond acceptors (Lipinski definition) is 7. The molecule has 0 bridgehead atoms. The van der Waals surface area contributed by atoms with E-state index >= 15 is 0 Å². The lowest BCUT2D eigenvalue weighted by Gasteiger charge is -2.28. The Bertz CT molecular complexity index is 1610. The summed E-state index contributed by atoms with van der Waals surface area (Å²) in [7, 11) is 0. The molecule has 0 spiro atoms. The Morgan fingerprint density at radius 1 is 1.14 bits per heavy atom. The van der Waals surface area contributed by atoms with E-state index in [1.807, 2.05) is 38.3 Å². The molecule has 224 valence electrons. The van der Waals surface area contributed by atoms with Gasteiger partial charge in [-0.25, -0.2) is 14.4 Å².